The first kappa shape index (κ1) is 25.2. The van der Waals surface area contributed by atoms with Crippen molar-refractivity contribution in [1.29, 1.82) is 0 Å². The van der Waals surface area contributed by atoms with Crippen LogP contribution in [-0.2, 0) is 16.4 Å². The Morgan fingerprint density at radius 1 is 1.16 bits per heavy atom. The smallest absolute Gasteiger partial charge is 0.269 e. The number of fused-ring (bicyclic) bond motifs is 2. The number of pyridine rings is 1. The average molecular weight is 572 g/mol. The lowest BCUT2D eigenvalue weighted by Crippen LogP contribution is -2.31. The molecule has 0 aliphatic carbocycles. The molecule has 0 spiro atoms. The number of amides is 1. The van der Waals surface area contributed by atoms with Gasteiger partial charge in [-0.15, -0.1) is 11.3 Å². The summed E-state index contributed by atoms with van der Waals surface area (Å²) in [6.45, 7) is 2.57. The first-order chi connectivity index (χ1) is 18.2. The Morgan fingerprint density at radius 3 is 2.74 bits per heavy atom. The molecule has 0 bridgehead atoms. The molecular formula is C27H23ClFN3O4S2. The van der Waals surface area contributed by atoms with Crippen molar-refractivity contribution < 1.29 is 22.3 Å². The van der Waals surface area contributed by atoms with Gasteiger partial charge in [-0.3, -0.25) is 9.78 Å². The van der Waals surface area contributed by atoms with Crippen LogP contribution in [0.3, 0.4) is 0 Å². The molecule has 2 aliphatic rings. The Morgan fingerprint density at radius 2 is 1.97 bits per heavy atom. The van der Waals surface area contributed by atoms with E-state index in [2.05, 4.69) is 10.3 Å². The molecule has 1 amide bonds. The molecule has 4 heterocycles. The zero-order valence-electron chi connectivity index (χ0n) is 20.3. The Bertz CT molecular complexity index is 1690. The molecule has 6 rings (SSSR count). The van der Waals surface area contributed by atoms with Crippen molar-refractivity contribution >= 4 is 49.1 Å². The van der Waals surface area contributed by atoms with Crippen molar-refractivity contribution in [2.45, 2.75) is 30.5 Å². The number of aromatic nitrogens is 1. The number of hydrogen-bond donors (Lipinski definition) is 1. The predicted molar refractivity (Wildman–Crippen MR) is 145 cm³/mol. The Kier molecular flexibility index (Phi) is 6.38. The van der Waals surface area contributed by atoms with Crippen molar-refractivity contribution in [2.75, 3.05) is 19.6 Å². The van der Waals surface area contributed by atoms with Gasteiger partial charge in [0.05, 0.1) is 15.8 Å². The van der Waals surface area contributed by atoms with Gasteiger partial charge in [-0.2, -0.15) is 0 Å². The third kappa shape index (κ3) is 4.25. The first-order valence-corrected chi connectivity index (χ1v) is 14.7. The second-order valence-corrected chi connectivity index (χ2v) is 12.7. The summed E-state index contributed by atoms with van der Waals surface area (Å²) in [7, 11) is -3.87. The highest BCUT2D eigenvalue weighted by Gasteiger charge is 2.40. The van der Waals surface area contributed by atoms with E-state index in [4.69, 9.17) is 16.3 Å². The molecule has 4 aromatic rings. The summed E-state index contributed by atoms with van der Waals surface area (Å²) in [5, 5.41) is 3.55. The molecule has 2 aromatic heterocycles. The largest absolute Gasteiger partial charge is 0.485 e. The molecule has 2 aromatic carbocycles. The number of thiophene rings is 1. The molecule has 196 valence electrons. The van der Waals surface area contributed by atoms with Crippen molar-refractivity contribution in [3.63, 3.8) is 0 Å². The maximum atomic E-state index is 14.4. The van der Waals surface area contributed by atoms with Crippen LogP contribution < -0.4 is 10.1 Å². The lowest BCUT2D eigenvalue weighted by atomic mass is 10.0. The third-order valence-corrected chi connectivity index (χ3v) is 10.1. The molecule has 2 atom stereocenters. The van der Waals surface area contributed by atoms with Gasteiger partial charge in [0.1, 0.15) is 16.7 Å². The highest BCUT2D eigenvalue weighted by atomic mass is 35.5. The lowest BCUT2D eigenvalue weighted by Gasteiger charge is -2.20. The summed E-state index contributed by atoms with van der Waals surface area (Å²) in [6, 6.07) is 13.6. The van der Waals surface area contributed by atoms with E-state index in [-0.39, 0.29) is 23.5 Å². The second kappa shape index (κ2) is 9.60. The fourth-order valence-electron chi connectivity index (χ4n) is 4.96. The molecule has 1 fully saturated rings. The maximum Gasteiger partial charge on any atom is 0.269 e. The van der Waals surface area contributed by atoms with E-state index in [0.29, 0.717) is 23.7 Å². The van der Waals surface area contributed by atoms with Gasteiger partial charge in [-0.1, -0.05) is 23.7 Å². The second-order valence-electron chi connectivity index (χ2n) is 9.34. The number of rotatable bonds is 6. The minimum absolute atomic E-state index is 0.0230. The molecule has 0 saturated carbocycles. The van der Waals surface area contributed by atoms with Crippen LogP contribution in [0, 0.1) is 6.92 Å². The quantitative estimate of drug-likeness (QED) is 0.350. The fraction of sp³-hybridized carbons (Fsp3) is 0.259. The van der Waals surface area contributed by atoms with E-state index >= 15 is 0 Å². The molecule has 11 heteroatoms. The van der Waals surface area contributed by atoms with E-state index in [1.54, 1.807) is 30.5 Å². The third-order valence-electron chi connectivity index (χ3n) is 6.82. The van der Waals surface area contributed by atoms with Crippen molar-refractivity contribution in [1.82, 2.24) is 14.6 Å². The van der Waals surface area contributed by atoms with E-state index in [1.807, 2.05) is 19.1 Å². The average Bonchev–Trinajstić information content (AvgIpc) is 3.54. The minimum atomic E-state index is -3.87. The number of nitrogens with one attached hydrogen (secondary N) is 1. The monoisotopic (exact) mass is 571 g/mol. The van der Waals surface area contributed by atoms with Gasteiger partial charge < -0.3 is 10.1 Å². The number of carbonyl (C=O) groups excluding carboxylic acids is 1. The summed E-state index contributed by atoms with van der Waals surface area (Å²) in [5.41, 5.74) is 3.30. The zero-order chi connectivity index (χ0) is 26.6. The number of sulfonamides is 1. The highest BCUT2D eigenvalue weighted by molar-refractivity contribution is 7.90. The normalized spacial score (nSPS) is 20.3. The van der Waals surface area contributed by atoms with E-state index < -0.39 is 28.2 Å². The van der Waals surface area contributed by atoms with Crippen molar-refractivity contribution in [2.24, 2.45) is 0 Å². The van der Waals surface area contributed by atoms with Crippen LogP contribution in [0.1, 0.15) is 20.8 Å². The number of ether oxygens (including phenoxy) is 1. The van der Waals surface area contributed by atoms with Crippen LogP contribution in [0.15, 0.2) is 59.6 Å². The topological polar surface area (TPSA) is 88.6 Å². The molecule has 7 nitrogen and oxygen atoms in total. The molecule has 2 aliphatic heterocycles. The van der Waals surface area contributed by atoms with Crippen LogP contribution in [0.5, 0.6) is 5.75 Å². The Balaban J connectivity index is 1.33. The SMILES string of the molecule is Cc1cc(Cl)cc(-c2ccnc3cc(CCN4C(=O)c5ccccc5S4(=O)=O)sc23)c1O[C@@H]1CNC[C@@H]1F. The van der Waals surface area contributed by atoms with Gasteiger partial charge in [0, 0.05) is 53.3 Å². The Hall–Kier alpha value is -3.05. The molecule has 0 radical (unpaired) electrons. The lowest BCUT2D eigenvalue weighted by molar-refractivity contribution is 0.0872. The van der Waals surface area contributed by atoms with Gasteiger partial charge in [0.15, 0.2) is 6.17 Å². The van der Waals surface area contributed by atoms with Crippen LogP contribution in [-0.4, -0.2) is 55.5 Å². The summed E-state index contributed by atoms with van der Waals surface area (Å²) in [4.78, 5) is 18.2. The van der Waals surface area contributed by atoms with Crippen molar-refractivity contribution in [3.8, 4) is 16.9 Å². The predicted octanol–water partition coefficient (Wildman–Crippen LogP) is 5.00. The summed E-state index contributed by atoms with van der Waals surface area (Å²) in [5.74, 6) is 0.0593. The number of halogens is 2. The standard InChI is InChI=1S/C27H23ClFN3O4S2/c1-15-10-16(28)11-20(25(15)36-23-14-30-13-21(23)29)18-6-8-31-22-12-17(37-26(18)22)7-9-32-27(33)19-4-2-3-5-24(19)38(32,34)35/h2-6,8,10-12,21,23,30H,7,9,13-14H2,1H3/t21-,23+/m0/s1. The van der Waals surface area contributed by atoms with E-state index in [0.717, 1.165) is 36.1 Å². The molecule has 1 saturated heterocycles. The first-order valence-electron chi connectivity index (χ1n) is 12.1. The molecule has 38 heavy (non-hydrogen) atoms. The number of carbonyl (C=O) groups is 1. The number of aryl methyl sites for hydroxylation is 1. The van der Waals surface area contributed by atoms with Gasteiger partial charge in [-0.25, -0.2) is 17.1 Å². The number of hydrogen-bond acceptors (Lipinski definition) is 7. The van der Waals surface area contributed by atoms with Crippen LogP contribution in [0.25, 0.3) is 21.3 Å². The number of benzene rings is 2. The van der Waals surface area contributed by atoms with Crippen LogP contribution in [0.2, 0.25) is 5.02 Å². The number of alkyl halides is 1. The summed E-state index contributed by atoms with van der Waals surface area (Å²) < 4.78 is 48.2. The van der Waals surface area contributed by atoms with E-state index in [9.17, 15) is 17.6 Å². The van der Waals surface area contributed by atoms with Crippen LogP contribution in [0.4, 0.5) is 4.39 Å². The summed E-state index contributed by atoms with van der Waals surface area (Å²) in [6.07, 6.45) is 0.316. The van der Waals surface area contributed by atoms with Gasteiger partial charge in [0.25, 0.3) is 15.9 Å². The molecular weight excluding hydrogens is 549 g/mol. The minimum Gasteiger partial charge on any atom is -0.485 e. The molecule has 1 N–H and O–H groups in total. The maximum absolute atomic E-state index is 14.4. The van der Waals surface area contributed by atoms with Crippen LogP contribution >= 0.6 is 22.9 Å². The molecule has 0 unspecified atom stereocenters. The van der Waals surface area contributed by atoms with Crippen molar-refractivity contribution in [3.05, 3.63) is 75.8 Å². The Labute approximate surface area is 228 Å². The summed E-state index contributed by atoms with van der Waals surface area (Å²) >= 11 is 7.90. The van der Waals surface area contributed by atoms with Gasteiger partial charge >= 0.3 is 0 Å². The fourth-order valence-corrected chi connectivity index (χ4v) is 7.94. The van der Waals surface area contributed by atoms with E-state index in [1.165, 1.54) is 23.5 Å². The zero-order valence-corrected chi connectivity index (χ0v) is 22.7. The van der Waals surface area contributed by atoms with Gasteiger partial charge in [0.2, 0.25) is 0 Å². The number of nitrogens with zero attached hydrogens (tertiary/aromatic N) is 2. The highest BCUT2D eigenvalue weighted by Crippen LogP contribution is 2.42. The van der Waals surface area contributed by atoms with Gasteiger partial charge in [-0.05, 0) is 48.9 Å².